The molecule has 0 heterocycles. The maximum Gasteiger partial charge on any atom is 0.0764 e. The molecule has 0 fully saturated rings. The van der Waals surface area contributed by atoms with Crippen molar-refractivity contribution < 1.29 is 4.84 Å². The summed E-state index contributed by atoms with van der Waals surface area (Å²) in [6, 6.07) is 0. The van der Waals surface area contributed by atoms with E-state index in [0.717, 1.165) is 13.0 Å². The average Bonchev–Trinajstić information content (AvgIpc) is 1.82. The largest absolute Gasteiger partial charge is 0.299 e. The van der Waals surface area contributed by atoms with Crippen LogP contribution in [0.5, 0.6) is 0 Å². The van der Waals surface area contributed by atoms with Gasteiger partial charge >= 0.3 is 0 Å². The highest BCUT2D eigenvalue weighted by molar-refractivity contribution is 4.52. The highest BCUT2D eigenvalue weighted by Gasteiger charge is 2.03. The van der Waals surface area contributed by atoms with Crippen molar-refractivity contribution in [1.82, 2.24) is 5.48 Å². The minimum absolute atomic E-state index is 0.333. The number of hydrogen-bond donors (Lipinski definition) is 1. The Morgan fingerprint density at radius 2 is 1.90 bits per heavy atom. The molecule has 0 saturated carbocycles. The van der Waals surface area contributed by atoms with Gasteiger partial charge in [-0.1, -0.05) is 20.8 Å². The van der Waals surface area contributed by atoms with Crippen LogP contribution < -0.4 is 5.48 Å². The first-order valence-electron chi connectivity index (χ1n) is 4.05. The molecule has 0 rings (SSSR count). The van der Waals surface area contributed by atoms with Crippen LogP contribution >= 0.6 is 0 Å². The summed E-state index contributed by atoms with van der Waals surface area (Å²) >= 11 is 0. The zero-order chi connectivity index (χ0) is 7.98. The van der Waals surface area contributed by atoms with Gasteiger partial charge in [0.05, 0.1) is 6.10 Å². The molecule has 0 bridgehead atoms. The van der Waals surface area contributed by atoms with Gasteiger partial charge in [0.25, 0.3) is 0 Å². The summed E-state index contributed by atoms with van der Waals surface area (Å²) in [6.07, 6.45) is 1.45. The molecule has 0 amide bonds. The summed E-state index contributed by atoms with van der Waals surface area (Å²) in [4.78, 5) is 5.25. The Kier molecular flexibility index (Phi) is 5.64. The van der Waals surface area contributed by atoms with E-state index in [-0.39, 0.29) is 0 Å². The van der Waals surface area contributed by atoms with Gasteiger partial charge in [0, 0.05) is 6.54 Å². The van der Waals surface area contributed by atoms with Crippen molar-refractivity contribution in [2.45, 2.75) is 40.2 Å². The lowest BCUT2D eigenvalue weighted by molar-refractivity contribution is -0.0216. The molecule has 2 nitrogen and oxygen atoms in total. The average molecular weight is 145 g/mol. The summed E-state index contributed by atoms with van der Waals surface area (Å²) in [5, 5.41) is 0. The third-order valence-electron chi connectivity index (χ3n) is 1.23. The van der Waals surface area contributed by atoms with Gasteiger partial charge in [-0.05, 0) is 19.3 Å². The third-order valence-corrected chi connectivity index (χ3v) is 1.23. The molecular weight excluding hydrogens is 126 g/mol. The molecule has 0 spiro atoms. The van der Waals surface area contributed by atoms with E-state index >= 15 is 0 Å². The highest BCUT2D eigenvalue weighted by Crippen LogP contribution is 2.05. The first-order chi connectivity index (χ1) is 4.66. The summed E-state index contributed by atoms with van der Waals surface area (Å²) in [5.41, 5.74) is 2.85. The van der Waals surface area contributed by atoms with Gasteiger partial charge in [-0.2, -0.15) is 0 Å². The van der Waals surface area contributed by atoms with Crippen LogP contribution in [0.25, 0.3) is 0 Å². The molecule has 1 unspecified atom stereocenters. The standard InChI is InChI=1S/C8H19NO/c1-5-9-10-8(4)6-7(2)3/h7-9H,5-6H2,1-4H3. The summed E-state index contributed by atoms with van der Waals surface area (Å²) in [7, 11) is 0. The summed E-state index contributed by atoms with van der Waals surface area (Å²) in [6.45, 7) is 9.39. The molecule has 0 aromatic carbocycles. The molecule has 1 N–H and O–H groups in total. The van der Waals surface area contributed by atoms with Crippen molar-refractivity contribution in [1.29, 1.82) is 0 Å². The molecule has 2 heteroatoms. The maximum absolute atomic E-state index is 5.25. The van der Waals surface area contributed by atoms with Gasteiger partial charge in [-0.15, -0.1) is 0 Å². The Labute approximate surface area is 63.9 Å². The highest BCUT2D eigenvalue weighted by atomic mass is 16.7. The smallest absolute Gasteiger partial charge is 0.0764 e. The SMILES string of the molecule is CCNOC(C)CC(C)C. The third kappa shape index (κ3) is 6.05. The van der Waals surface area contributed by atoms with Crippen molar-refractivity contribution in [3.63, 3.8) is 0 Å². The maximum atomic E-state index is 5.25. The molecule has 0 aromatic heterocycles. The van der Waals surface area contributed by atoms with Crippen LogP contribution in [0.2, 0.25) is 0 Å². The Bertz CT molecular complexity index is 73.7. The van der Waals surface area contributed by atoms with Crippen molar-refractivity contribution in [2.24, 2.45) is 5.92 Å². The summed E-state index contributed by atoms with van der Waals surface area (Å²) in [5.74, 6) is 0.716. The van der Waals surface area contributed by atoms with Crippen LogP contribution in [0.3, 0.4) is 0 Å². The zero-order valence-corrected chi connectivity index (χ0v) is 7.48. The molecule has 0 saturated heterocycles. The Hall–Kier alpha value is -0.0800. The van der Waals surface area contributed by atoms with Crippen LogP contribution in [0.15, 0.2) is 0 Å². The fraction of sp³-hybridized carbons (Fsp3) is 1.00. The fourth-order valence-corrected chi connectivity index (χ4v) is 0.938. The number of rotatable bonds is 5. The molecular formula is C8H19NO. The van der Waals surface area contributed by atoms with Crippen LogP contribution in [-0.4, -0.2) is 12.6 Å². The second-order valence-corrected chi connectivity index (χ2v) is 3.06. The first kappa shape index (κ1) is 9.92. The zero-order valence-electron chi connectivity index (χ0n) is 7.48. The van der Waals surface area contributed by atoms with E-state index in [2.05, 4.69) is 26.3 Å². The van der Waals surface area contributed by atoms with Gasteiger partial charge in [0.1, 0.15) is 0 Å². The van der Waals surface area contributed by atoms with Crippen LogP contribution in [0.1, 0.15) is 34.1 Å². The Balaban J connectivity index is 3.16. The second-order valence-electron chi connectivity index (χ2n) is 3.06. The number of nitrogens with one attached hydrogen (secondary N) is 1. The van der Waals surface area contributed by atoms with E-state index in [0.29, 0.717) is 12.0 Å². The molecule has 62 valence electrons. The lowest BCUT2D eigenvalue weighted by Gasteiger charge is -2.13. The van der Waals surface area contributed by atoms with E-state index in [1.165, 1.54) is 0 Å². The first-order valence-corrected chi connectivity index (χ1v) is 4.05. The minimum atomic E-state index is 0.333. The van der Waals surface area contributed by atoms with Crippen molar-refractivity contribution in [2.75, 3.05) is 6.54 Å². The van der Waals surface area contributed by atoms with Gasteiger partial charge < -0.3 is 0 Å². The second kappa shape index (κ2) is 5.69. The lowest BCUT2D eigenvalue weighted by Crippen LogP contribution is -2.22. The van der Waals surface area contributed by atoms with Crippen LogP contribution in [0, 0.1) is 5.92 Å². The van der Waals surface area contributed by atoms with E-state index < -0.39 is 0 Å². The topological polar surface area (TPSA) is 21.3 Å². The van der Waals surface area contributed by atoms with Crippen molar-refractivity contribution in [3.8, 4) is 0 Å². The van der Waals surface area contributed by atoms with E-state index in [4.69, 9.17) is 4.84 Å². The number of hydroxylamine groups is 1. The normalized spacial score (nSPS) is 14.1. The molecule has 0 aromatic rings. The summed E-state index contributed by atoms with van der Waals surface area (Å²) < 4.78 is 0. The van der Waals surface area contributed by atoms with Crippen LogP contribution in [-0.2, 0) is 4.84 Å². The van der Waals surface area contributed by atoms with Crippen LogP contribution in [0.4, 0.5) is 0 Å². The number of hydrogen-bond acceptors (Lipinski definition) is 2. The Morgan fingerprint density at radius 1 is 1.30 bits per heavy atom. The van der Waals surface area contributed by atoms with E-state index in [1.807, 2.05) is 6.92 Å². The molecule has 0 radical (unpaired) electrons. The van der Waals surface area contributed by atoms with Gasteiger partial charge in [0.2, 0.25) is 0 Å². The van der Waals surface area contributed by atoms with Gasteiger partial charge in [-0.3, -0.25) is 4.84 Å². The molecule has 0 aliphatic heterocycles. The molecule has 10 heavy (non-hydrogen) atoms. The van der Waals surface area contributed by atoms with Crippen molar-refractivity contribution in [3.05, 3.63) is 0 Å². The predicted molar refractivity (Wildman–Crippen MR) is 43.7 cm³/mol. The van der Waals surface area contributed by atoms with Gasteiger partial charge in [0.15, 0.2) is 0 Å². The quantitative estimate of drug-likeness (QED) is 0.597. The fourth-order valence-electron chi connectivity index (χ4n) is 0.938. The van der Waals surface area contributed by atoms with E-state index in [9.17, 15) is 0 Å². The monoisotopic (exact) mass is 145 g/mol. The predicted octanol–water partition coefficient (Wildman–Crippen LogP) is 1.96. The van der Waals surface area contributed by atoms with Crippen molar-refractivity contribution >= 4 is 0 Å². The van der Waals surface area contributed by atoms with E-state index in [1.54, 1.807) is 0 Å². The molecule has 1 atom stereocenters. The Morgan fingerprint density at radius 3 is 2.30 bits per heavy atom. The molecule has 0 aliphatic carbocycles. The lowest BCUT2D eigenvalue weighted by atomic mass is 10.1. The van der Waals surface area contributed by atoms with Gasteiger partial charge in [-0.25, -0.2) is 5.48 Å². The molecule has 0 aliphatic rings. The minimum Gasteiger partial charge on any atom is -0.299 e.